The van der Waals surface area contributed by atoms with Gasteiger partial charge in [-0.2, -0.15) is 0 Å². The second kappa shape index (κ2) is 6.80. The standard InChI is InChI=1S/C18H30N2S/c1-15(2)11-16-12-20(13-17-7-6-10-21-17)18(14-19-16)8-4-3-5-9-18/h6-7,10,15-16,19H,3-5,8-9,11-14H2,1-2H3. The minimum atomic E-state index is 0.440. The van der Waals surface area contributed by atoms with Gasteiger partial charge in [0.25, 0.3) is 0 Å². The van der Waals surface area contributed by atoms with E-state index in [0.29, 0.717) is 11.6 Å². The fourth-order valence-electron chi connectivity index (χ4n) is 4.22. The number of nitrogens with zero attached hydrogens (tertiary/aromatic N) is 1. The van der Waals surface area contributed by atoms with Gasteiger partial charge in [0.1, 0.15) is 0 Å². The third-order valence-corrected chi connectivity index (χ3v) is 6.16. The minimum absolute atomic E-state index is 0.440. The van der Waals surface area contributed by atoms with E-state index < -0.39 is 0 Å². The molecule has 21 heavy (non-hydrogen) atoms. The molecule has 1 unspecified atom stereocenters. The van der Waals surface area contributed by atoms with Crippen molar-refractivity contribution in [1.29, 1.82) is 0 Å². The molecule has 0 aromatic carbocycles. The van der Waals surface area contributed by atoms with E-state index >= 15 is 0 Å². The van der Waals surface area contributed by atoms with Gasteiger partial charge in [-0.15, -0.1) is 11.3 Å². The van der Waals surface area contributed by atoms with Crippen LogP contribution in [-0.2, 0) is 6.54 Å². The average molecular weight is 307 g/mol. The lowest BCUT2D eigenvalue weighted by molar-refractivity contribution is 0.000846. The lowest BCUT2D eigenvalue weighted by Crippen LogP contribution is -2.64. The lowest BCUT2D eigenvalue weighted by Gasteiger charge is -2.52. The Balaban J connectivity index is 1.73. The number of thiophene rings is 1. The van der Waals surface area contributed by atoms with Crippen LogP contribution in [0.2, 0.25) is 0 Å². The third-order valence-electron chi connectivity index (χ3n) is 5.30. The molecule has 1 spiro atoms. The highest BCUT2D eigenvalue weighted by Crippen LogP contribution is 2.37. The molecular formula is C18H30N2S. The topological polar surface area (TPSA) is 15.3 Å². The van der Waals surface area contributed by atoms with E-state index in [0.717, 1.165) is 12.5 Å². The molecule has 1 N–H and O–H groups in total. The highest BCUT2D eigenvalue weighted by atomic mass is 32.1. The third kappa shape index (κ3) is 3.69. The summed E-state index contributed by atoms with van der Waals surface area (Å²) in [6, 6.07) is 5.18. The van der Waals surface area contributed by atoms with Crippen LogP contribution in [0.4, 0.5) is 0 Å². The van der Waals surface area contributed by atoms with Gasteiger partial charge in [0.05, 0.1) is 0 Å². The number of hydrogen-bond donors (Lipinski definition) is 1. The molecule has 3 heteroatoms. The first-order valence-corrected chi connectivity index (χ1v) is 9.57. The summed E-state index contributed by atoms with van der Waals surface area (Å²) in [5, 5.41) is 6.10. The summed E-state index contributed by atoms with van der Waals surface area (Å²) in [6.45, 7) is 8.28. The Morgan fingerprint density at radius 2 is 2.14 bits per heavy atom. The Labute approximate surface area is 133 Å². The van der Waals surface area contributed by atoms with Crippen LogP contribution in [0.1, 0.15) is 57.2 Å². The molecule has 1 aromatic rings. The van der Waals surface area contributed by atoms with Gasteiger partial charge < -0.3 is 5.32 Å². The normalized spacial score (nSPS) is 26.5. The summed E-state index contributed by atoms with van der Waals surface area (Å²) in [7, 11) is 0. The first kappa shape index (κ1) is 15.5. The molecule has 2 nitrogen and oxygen atoms in total. The molecule has 1 aliphatic carbocycles. The Kier molecular flexibility index (Phi) is 5.03. The predicted molar refractivity (Wildman–Crippen MR) is 91.8 cm³/mol. The maximum Gasteiger partial charge on any atom is 0.0338 e. The Morgan fingerprint density at radius 1 is 1.33 bits per heavy atom. The van der Waals surface area contributed by atoms with Crippen molar-refractivity contribution in [3.8, 4) is 0 Å². The van der Waals surface area contributed by atoms with Crippen molar-refractivity contribution < 1.29 is 0 Å². The highest BCUT2D eigenvalue weighted by molar-refractivity contribution is 7.09. The van der Waals surface area contributed by atoms with Crippen molar-refractivity contribution in [2.75, 3.05) is 13.1 Å². The van der Waals surface area contributed by atoms with Crippen LogP contribution in [0.3, 0.4) is 0 Å². The fraction of sp³-hybridized carbons (Fsp3) is 0.778. The number of hydrogen-bond acceptors (Lipinski definition) is 3. The van der Waals surface area contributed by atoms with Crippen LogP contribution in [0.15, 0.2) is 17.5 Å². The van der Waals surface area contributed by atoms with Crippen LogP contribution in [-0.4, -0.2) is 29.6 Å². The largest absolute Gasteiger partial charge is 0.311 e. The van der Waals surface area contributed by atoms with Crippen LogP contribution in [0, 0.1) is 5.92 Å². The number of rotatable bonds is 4. The maximum atomic E-state index is 3.88. The van der Waals surface area contributed by atoms with Gasteiger partial charge in [-0.1, -0.05) is 39.2 Å². The lowest BCUT2D eigenvalue weighted by atomic mass is 9.78. The first-order valence-electron chi connectivity index (χ1n) is 8.69. The molecule has 0 bridgehead atoms. The van der Waals surface area contributed by atoms with E-state index in [1.165, 1.54) is 56.5 Å². The van der Waals surface area contributed by atoms with Gasteiger partial charge in [-0.25, -0.2) is 0 Å². The monoisotopic (exact) mass is 306 g/mol. The number of nitrogens with one attached hydrogen (secondary N) is 1. The van der Waals surface area contributed by atoms with E-state index in [2.05, 4.69) is 41.6 Å². The summed E-state index contributed by atoms with van der Waals surface area (Å²) in [6.07, 6.45) is 8.34. The fourth-order valence-corrected chi connectivity index (χ4v) is 4.94. The van der Waals surface area contributed by atoms with Crippen molar-refractivity contribution >= 4 is 11.3 Å². The molecule has 1 saturated heterocycles. The van der Waals surface area contributed by atoms with Gasteiger partial charge in [0, 0.05) is 36.1 Å². The van der Waals surface area contributed by atoms with Gasteiger partial charge >= 0.3 is 0 Å². The summed E-state index contributed by atoms with van der Waals surface area (Å²) < 4.78 is 0. The van der Waals surface area contributed by atoms with Gasteiger partial charge in [-0.3, -0.25) is 4.90 Å². The highest BCUT2D eigenvalue weighted by Gasteiger charge is 2.42. The van der Waals surface area contributed by atoms with E-state index in [-0.39, 0.29) is 0 Å². The Morgan fingerprint density at radius 3 is 2.81 bits per heavy atom. The summed E-state index contributed by atoms with van der Waals surface area (Å²) >= 11 is 1.92. The van der Waals surface area contributed by atoms with Crippen molar-refractivity contribution in [1.82, 2.24) is 10.2 Å². The van der Waals surface area contributed by atoms with E-state index in [4.69, 9.17) is 0 Å². The summed E-state index contributed by atoms with van der Waals surface area (Å²) in [4.78, 5) is 4.37. The van der Waals surface area contributed by atoms with Crippen molar-refractivity contribution in [2.24, 2.45) is 5.92 Å². The Hall–Kier alpha value is -0.380. The predicted octanol–water partition coefficient (Wildman–Crippen LogP) is 4.27. The smallest absolute Gasteiger partial charge is 0.0338 e. The molecule has 1 atom stereocenters. The summed E-state index contributed by atoms with van der Waals surface area (Å²) in [5.74, 6) is 0.784. The van der Waals surface area contributed by atoms with Gasteiger partial charge in [0.2, 0.25) is 0 Å². The first-order chi connectivity index (χ1) is 10.2. The molecule has 0 radical (unpaired) electrons. The van der Waals surface area contributed by atoms with Crippen molar-refractivity contribution in [3.05, 3.63) is 22.4 Å². The molecule has 2 heterocycles. The maximum absolute atomic E-state index is 3.88. The zero-order valence-electron chi connectivity index (χ0n) is 13.6. The molecule has 1 saturated carbocycles. The molecular weight excluding hydrogens is 276 g/mol. The SMILES string of the molecule is CC(C)CC1CN(Cc2cccs2)C2(CCCCC2)CN1. The van der Waals surface area contributed by atoms with Crippen molar-refractivity contribution in [2.45, 2.75) is 70.5 Å². The molecule has 2 aliphatic rings. The minimum Gasteiger partial charge on any atom is -0.311 e. The summed E-state index contributed by atoms with van der Waals surface area (Å²) in [5.41, 5.74) is 0.440. The number of piperazine rings is 1. The second-order valence-corrected chi connectivity index (χ2v) is 8.48. The molecule has 2 fully saturated rings. The van der Waals surface area contributed by atoms with Gasteiger partial charge in [0.15, 0.2) is 0 Å². The van der Waals surface area contributed by atoms with Crippen LogP contribution in [0.5, 0.6) is 0 Å². The molecule has 0 amide bonds. The average Bonchev–Trinajstić information content (AvgIpc) is 2.96. The molecule has 3 rings (SSSR count). The van der Waals surface area contributed by atoms with Crippen LogP contribution in [0.25, 0.3) is 0 Å². The zero-order valence-corrected chi connectivity index (χ0v) is 14.4. The quantitative estimate of drug-likeness (QED) is 0.893. The zero-order chi connectivity index (χ0) is 14.7. The molecule has 1 aliphatic heterocycles. The van der Waals surface area contributed by atoms with Gasteiger partial charge in [-0.05, 0) is 36.6 Å². The Bertz CT molecular complexity index is 420. The van der Waals surface area contributed by atoms with Crippen molar-refractivity contribution in [3.63, 3.8) is 0 Å². The van der Waals surface area contributed by atoms with Crippen LogP contribution >= 0.6 is 11.3 Å². The van der Waals surface area contributed by atoms with E-state index in [1.807, 2.05) is 11.3 Å². The molecule has 118 valence electrons. The second-order valence-electron chi connectivity index (χ2n) is 7.45. The van der Waals surface area contributed by atoms with E-state index in [1.54, 1.807) is 0 Å². The van der Waals surface area contributed by atoms with E-state index in [9.17, 15) is 0 Å². The van der Waals surface area contributed by atoms with Crippen LogP contribution < -0.4 is 5.32 Å². The molecule has 1 aromatic heterocycles.